The van der Waals surface area contributed by atoms with E-state index in [4.69, 9.17) is 16.3 Å². The molecular formula is C22H25ClF2N2O3Si. The average molecular weight is 467 g/mol. The molecule has 2 N–H and O–H groups in total. The number of hydrogen-bond donors (Lipinski definition) is 2. The summed E-state index contributed by atoms with van der Waals surface area (Å²) >= 11 is 5.92. The van der Waals surface area contributed by atoms with E-state index in [0.29, 0.717) is 29.7 Å². The Labute approximate surface area is 186 Å². The molecule has 31 heavy (non-hydrogen) atoms. The van der Waals surface area contributed by atoms with Crippen molar-refractivity contribution in [3.63, 3.8) is 0 Å². The maximum Gasteiger partial charge on any atom is 0.268 e. The second-order valence-electron chi connectivity index (χ2n) is 8.78. The van der Waals surface area contributed by atoms with Crippen LogP contribution in [0.4, 0.5) is 19.3 Å². The van der Waals surface area contributed by atoms with Crippen molar-refractivity contribution in [2.24, 2.45) is 0 Å². The van der Waals surface area contributed by atoms with E-state index < -0.39 is 37.5 Å². The molecular weight excluding hydrogens is 442 g/mol. The van der Waals surface area contributed by atoms with Gasteiger partial charge in [-0.3, -0.25) is 14.9 Å². The van der Waals surface area contributed by atoms with E-state index in [1.54, 1.807) is 32.9 Å². The lowest BCUT2D eigenvalue weighted by atomic mass is 10.0. The van der Waals surface area contributed by atoms with Gasteiger partial charge in [0.15, 0.2) is 8.80 Å². The quantitative estimate of drug-likeness (QED) is 0.597. The monoisotopic (exact) mass is 466 g/mol. The molecule has 1 amide bonds. The largest absolute Gasteiger partial charge is 0.465 e. The van der Waals surface area contributed by atoms with Crippen LogP contribution in [0.1, 0.15) is 26.3 Å². The van der Waals surface area contributed by atoms with Gasteiger partial charge in [0.2, 0.25) is 5.91 Å². The highest BCUT2D eigenvalue weighted by Crippen LogP contribution is 2.37. The van der Waals surface area contributed by atoms with Crippen LogP contribution in [-0.4, -0.2) is 31.4 Å². The highest BCUT2D eigenvalue weighted by molar-refractivity contribution is 6.92. The lowest BCUT2D eigenvalue weighted by molar-refractivity contribution is -0.121. The first kappa shape index (κ1) is 23.4. The normalized spacial score (nSPS) is 20.6. The number of carbonyl (C=O) groups is 2. The summed E-state index contributed by atoms with van der Waals surface area (Å²) in [7, 11) is -2.00. The molecule has 2 aromatic carbocycles. The fraction of sp³-hybridized carbons (Fsp3) is 0.364. The van der Waals surface area contributed by atoms with Crippen molar-refractivity contribution >= 4 is 37.6 Å². The van der Waals surface area contributed by atoms with Crippen molar-refractivity contribution in [1.29, 1.82) is 0 Å². The van der Waals surface area contributed by atoms with E-state index in [2.05, 4.69) is 10.6 Å². The van der Waals surface area contributed by atoms with E-state index in [-0.39, 0.29) is 11.3 Å². The van der Waals surface area contributed by atoms with Gasteiger partial charge in [-0.1, -0.05) is 23.7 Å². The van der Waals surface area contributed by atoms with Crippen molar-refractivity contribution in [3.05, 3.63) is 64.7 Å². The summed E-state index contributed by atoms with van der Waals surface area (Å²) in [5.41, 5.74) is -1.07. The van der Waals surface area contributed by atoms with E-state index in [1.165, 1.54) is 6.07 Å². The Hall–Kier alpha value is -2.29. The Bertz CT molecular complexity index is 974. The van der Waals surface area contributed by atoms with Gasteiger partial charge in [0, 0.05) is 17.6 Å². The molecule has 1 aliphatic heterocycles. The molecule has 3 rings (SSSR count). The van der Waals surface area contributed by atoms with Crippen LogP contribution in [-0.2, 0) is 16.1 Å². The minimum Gasteiger partial charge on any atom is -0.465 e. The van der Waals surface area contributed by atoms with Gasteiger partial charge in [0.05, 0.1) is 11.2 Å². The van der Waals surface area contributed by atoms with Crippen LogP contribution in [0, 0.1) is 11.6 Å². The topological polar surface area (TPSA) is 67.4 Å². The number of halogens is 3. The number of hydrogen-bond acceptors (Lipinski definition) is 4. The molecule has 1 heterocycles. The third kappa shape index (κ3) is 5.90. The van der Waals surface area contributed by atoms with Crippen LogP contribution in [0.25, 0.3) is 0 Å². The number of carbonyl (C=O) groups excluding carboxylic acids is 2. The molecule has 9 heteroatoms. The lowest BCUT2D eigenvalue weighted by Gasteiger charge is -2.45. The number of ether oxygens (including phenoxy) is 1. The average Bonchev–Trinajstić information content (AvgIpc) is 2.63. The number of anilines is 1. The molecule has 2 aromatic rings. The SMILES string of the molecule is CC(C)(C)OC(=O)[SiH]1CC(NCc2ccc(Cl)cc2)(C(=O)Nc2ccc(F)cc2F)C1. The number of benzene rings is 2. The van der Waals surface area contributed by atoms with Crippen LogP contribution in [0.15, 0.2) is 42.5 Å². The summed E-state index contributed by atoms with van der Waals surface area (Å²) in [6.07, 6.45) is 0. The lowest BCUT2D eigenvalue weighted by Crippen LogP contribution is -2.66. The fourth-order valence-corrected chi connectivity index (χ4v) is 6.65. The first-order valence-corrected chi connectivity index (χ1v) is 12.6. The number of nitrogens with one attached hydrogen (secondary N) is 2. The Kier molecular flexibility index (Phi) is 6.83. The molecule has 0 radical (unpaired) electrons. The van der Waals surface area contributed by atoms with Gasteiger partial charge < -0.3 is 10.1 Å². The molecule has 0 aliphatic carbocycles. The van der Waals surface area contributed by atoms with E-state index in [0.717, 1.165) is 11.6 Å². The third-order valence-electron chi connectivity index (χ3n) is 5.09. The second kappa shape index (κ2) is 9.06. The second-order valence-corrected chi connectivity index (χ2v) is 11.9. The predicted molar refractivity (Wildman–Crippen MR) is 119 cm³/mol. The first-order valence-electron chi connectivity index (χ1n) is 9.96. The molecule has 0 spiro atoms. The van der Waals surface area contributed by atoms with Gasteiger partial charge in [-0.25, -0.2) is 8.78 Å². The van der Waals surface area contributed by atoms with Gasteiger partial charge >= 0.3 is 0 Å². The van der Waals surface area contributed by atoms with E-state index >= 15 is 0 Å². The molecule has 1 aliphatic rings. The van der Waals surface area contributed by atoms with Gasteiger partial charge in [-0.2, -0.15) is 0 Å². The van der Waals surface area contributed by atoms with Gasteiger partial charge in [-0.05, 0) is 62.7 Å². The molecule has 0 bridgehead atoms. The summed E-state index contributed by atoms with van der Waals surface area (Å²) in [5.74, 6) is -2.05. The van der Waals surface area contributed by atoms with Crippen LogP contribution in [0.3, 0.4) is 0 Å². The van der Waals surface area contributed by atoms with Crippen molar-refractivity contribution in [3.8, 4) is 0 Å². The van der Waals surface area contributed by atoms with Crippen molar-refractivity contribution < 1.29 is 23.1 Å². The highest BCUT2D eigenvalue weighted by atomic mass is 35.5. The zero-order valence-electron chi connectivity index (χ0n) is 17.6. The molecule has 0 saturated carbocycles. The molecule has 0 unspecified atom stereocenters. The van der Waals surface area contributed by atoms with Crippen LogP contribution in [0.2, 0.25) is 17.1 Å². The maximum atomic E-state index is 14.0. The number of amides is 1. The molecule has 1 fully saturated rings. The summed E-state index contributed by atoms with van der Waals surface area (Å²) in [4.78, 5) is 25.6. The van der Waals surface area contributed by atoms with E-state index in [9.17, 15) is 18.4 Å². The van der Waals surface area contributed by atoms with Crippen molar-refractivity contribution in [1.82, 2.24) is 5.32 Å². The Morgan fingerprint density at radius 1 is 1.13 bits per heavy atom. The minimum atomic E-state index is -2.00. The van der Waals surface area contributed by atoms with Gasteiger partial charge in [-0.15, -0.1) is 0 Å². The fourth-order valence-electron chi connectivity index (χ4n) is 3.45. The Balaban J connectivity index is 1.75. The van der Waals surface area contributed by atoms with Crippen LogP contribution >= 0.6 is 11.6 Å². The molecule has 5 nitrogen and oxygen atoms in total. The Morgan fingerprint density at radius 2 is 1.77 bits per heavy atom. The summed E-state index contributed by atoms with van der Waals surface area (Å²) in [6, 6.07) is 10.8. The summed E-state index contributed by atoms with van der Waals surface area (Å²) in [5, 5.41) is 6.38. The standard InChI is InChI=1S/C22H25ClF2N2O3Si/c1-21(2,3)30-20(29)31-12-22(13-31,26-11-14-4-6-15(23)7-5-14)19(28)27-18-9-8-16(24)10-17(18)25/h4-10,26,31H,11-13H2,1-3H3,(H,27,28). The first-order chi connectivity index (χ1) is 14.5. The summed E-state index contributed by atoms with van der Waals surface area (Å²) in [6.45, 7) is 5.77. The van der Waals surface area contributed by atoms with Gasteiger partial charge in [0.1, 0.15) is 17.2 Å². The highest BCUT2D eigenvalue weighted by Gasteiger charge is 2.54. The Morgan fingerprint density at radius 3 is 2.35 bits per heavy atom. The minimum absolute atomic E-state index is 0.110. The third-order valence-corrected chi connectivity index (χ3v) is 8.50. The molecule has 1 saturated heterocycles. The van der Waals surface area contributed by atoms with Crippen molar-refractivity contribution in [2.75, 3.05) is 5.32 Å². The zero-order valence-corrected chi connectivity index (χ0v) is 19.5. The predicted octanol–water partition coefficient (Wildman–Crippen LogP) is 4.84. The molecule has 166 valence electrons. The van der Waals surface area contributed by atoms with Crippen LogP contribution < -0.4 is 10.6 Å². The molecule has 0 aromatic heterocycles. The van der Waals surface area contributed by atoms with E-state index in [1.807, 2.05) is 12.1 Å². The molecule has 0 atom stereocenters. The van der Waals surface area contributed by atoms with Crippen molar-refractivity contribution in [2.45, 2.75) is 50.5 Å². The van der Waals surface area contributed by atoms with Gasteiger partial charge in [0.25, 0.3) is 5.59 Å². The summed E-state index contributed by atoms with van der Waals surface area (Å²) < 4.78 is 32.7. The zero-order chi connectivity index (χ0) is 22.8. The maximum absolute atomic E-state index is 14.0. The number of rotatable bonds is 6. The smallest absolute Gasteiger partial charge is 0.268 e. The van der Waals surface area contributed by atoms with Crippen LogP contribution in [0.5, 0.6) is 0 Å².